The highest BCUT2D eigenvalue weighted by molar-refractivity contribution is 6.05. The van der Waals surface area contributed by atoms with Crippen LogP contribution in [0.5, 0.6) is 0 Å². The van der Waals surface area contributed by atoms with E-state index >= 15 is 0 Å². The molecule has 162 valence electrons. The Hall–Kier alpha value is -2.92. The molecule has 5 nitrogen and oxygen atoms in total. The first kappa shape index (κ1) is 21.3. The standard InChI is InChI=1S/C26H31N3O2/c30-25(22-12-6-2-7-13-22)27-24(20-21-10-4-1-5-11-21)26(31)29-18-14-23(15-19-29)28-16-8-3-9-17-28/h1-2,4-7,10-13,20,23H,3,8-9,14-19H2,(H,27,30)/b24-20+. The second kappa shape index (κ2) is 10.4. The van der Waals surface area contributed by atoms with Gasteiger partial charge in [-0.2, -0.15) is 0 Å². The second-order valence-corrected chi connectivity index (χ2v) is 8.41. The maximum absolute atomic E-state index is 13.4. The molecular formula is C26H31N3O2. The normalized spacial score (nSPS) is 18.6. The molecule has 2 heterocycles. The molecule has 0 radical (unpaired) electrons. The molecule has 0 atom stereocenters. The summed E-state index contributed by atoms with van der Waals surface area (Å²) in [6.07, 6.45) is 7.68. The highest BCUT2D eigenvalue weighted by Gasteiger charge is 2.29. The van der Waals surface area contributed by atoms with Gasteiger partial charge >= 0.3 is 0 Å². The van der Waals surface area contributed by atoms with Crippen molar-refractivity contribution in [1.82, 2.24) is 15.1 Å². The van der Waals surface area contributed by atoms with Gasteiger partial charge in [0.2, 0.25) is 0 Å². The highest BCUT2D eigenvalue weighted by Crippen LogP contribution is 2.22. The topological polar surface area (TPSA) is 52.7 Å². The van der Waals surface area contributed by atoms with Crippen molar-refractivity contribution >= 4 is 17.9 Å². The first-order valence-electron chi connectivity index (χ1n) is 11.4. The summed E-state index contributed by atoms with van der Waals surface area (Å²) in [6.45, 7) is 3.83. The van der Waals surface area contributed by atoms with Crippen molar-refractivity contribution in [3.63, 3.8) is 0 Å². The quantitative estimate of drug-likeness (QED) is 0.750. The summed E-state index contributed by atoms with van der Waals surface area (Å²) in [5.41, 5.74) is 1.76. The molecule has 2 saturated heterocycles. The maximum Gasteiger partial charge on any atom is 0.270 e. The van der Waals surface area contributed by atoms with Crippen molar-refractivity contribution in [2.24, 2.45) is 0 Å². The summed E-state index contributed by atoms with van der Waals surface area (Å²) in [6, 6.07) is 19.3. The zero-order valence-electron chi connectivity index (χ0n) is 18.0. The summed E-state index contributed by atoms with van der Waals surface area (Å²) in [5, 5.41) is 2.87. The molecule has 0 aromatic heterocycles. The van der Waals surface area contributed by atoms with Crippen LogP contribution >= 0.6 is 0 Å². The van der Waals surface area contributed by atoms with Gasteiger partial charge in [0.15, 0.2) is 0 Å². The van der Waals surface area contributed by atoms with E-state index in [2.05, 4.69) is 10.2 Å². The number of hydrogen-bond donors (Lipinski definition) is 1. The van der Waals surface area contributed by atoms with Gasteiger partial charge < -0.3 is 15.1 Å². The third-order valence-electron chi connectivity index (χ3n) is 6.28. The lowest BCUT2D eigenvalue weighted by atomic mass is 9.99. The van der Waals surface area contributed by atoms with Gasteiger partial charge in [-0.3, -0.25) is 9.59 Å². The van der Waals surface area contributed by atoms with Crippen molar-refractivity contribution < 1.29 is 9.59 Å². The Labute approximate surface area is 184 Å². The maximum atomic E-state index is 13.4. The van der Waals surface area contributed by atoms with Crippen LogP contribution in [0.2, 0.25) is 0 Å². The Morgan fingerprint density at radius 3 is 2.06 bits per heavy atom. The van der Waals surface area contributed by atoms with Crippen LogP contribution in [0.3, 0.4) is 0 Å². The van der Waals surface area contributed by atoms with E-state index in [0.29, 0.717) is 17.3 Å². The number of carbonyl (C=O) groups is 2. The lowest BCUT2D eigenvalue weighted by molar-refractivity contribution is -0.129. The van der Waals surface area contributed by atoms with Crippen molar-refractivity contribution in [1.29, 1.82) is 0 Å². The first-order chi connectivity index (χ1) is 15.2. The molecular weight excluding hydrogens is 386 g/mol. The van der Waals surface area contributed by atoms with E-state index in [1.54, 1.807) is 18.2 Å². The smallest absolute Gasteiger partial charge is 0.270 e. The molecule has 2 aliphatic rings. The fraction of sp³-hybridized carbons (Fsp3) is 0.385. The SMILES string of the molecule is O=C(N/C(=C/c1ccccc1)C(=O)N1CCC(N2CCCCC2)CC1)c1ccccc1. The predicted octanol–water partition coefficient (Wildman–Crippen LogP) is 3.93. The minimum atomic E-state index is -0.265. The van der Waals surface area contributed by atoms with Gasteiger partial charge in [-0.1, -0.05) is 55.0 Å². The highest BCUT2D eigenvalue weighted by atomic mass is 16.2. The molecule has 2 fully saturated rings. The van der Waals surface area contributed by atoms with Crippen molar-refractivity contribution in [3.8, 4) is 0 Å². The number of rotatable bonds is 5. The van der Waals surface area contributed by atoms with Gasteiger partial charge in [0.25, 0.3) is 11.8 Å². The average Bonchev–Trinajstić information content (AvgIpc) is 2.85. The summed E-state index contributed by atoms with van der Waals surface area (Å²) in [5.74, 6) is -0.371. The van der Waals surface area contributed by atoms with E-state index in [1.807, 2.05) is 53.4 Å². The van der Waals surface area contributed by atoms with Gasteiger partial charge in [0.05, 0.1) is 0 Å². The number of carbonyl (C=O) groups excluding carboxylic acids is 2. The third kappa shape index (κ3) is 5.61. The summed E-state index contributed by atoms with van der Waals surface area (Å²) < 4.78 is 0. The number of amides is 2. The van der Waals surface area contributed by atoms with Gasteiger partial charge in [0.1, 0.15) is 5.70 Å². The monoisotopic (exact) mass is 417 g/mol. The molecule has 2 aliphatic heterocycles. The third-order valence-corrected chi connectivity index (χ3v) is 6.28. The second-order valence-electron chi connectivity index (χ2n) is 8.41. The van der Waals surface area contributed by atoms with E-state index in [-0.39, 0.29) is 11.8 Å². The number of hydrogen-bond acceptors (Lipinski definition) is 3. The lowest BCUT2D eigenvalue weighted by Crippen LogP contribution is -2.49. The molecule has 0 unspecified atom stereocenters. The number of piperidine rings is 2. The Kier molecular flexibility index (Phi) is 7.15. The van der Waals surface area contributed by atoms with Crippen LogP contribution in [0, 0.1) is 0 Å². The van der Waals surface area contributed by atoms with Crippen LogP contribution in [0.1, 0.15) is 48.0 Å². The fourth-order valence-corrected chi connectivity index (χ4v) is 4.54. The number of nitrogens with one attached hydrogen (secondary N) is 1. The Morgan fingerprint density at radius 2 is 1.42 bits per heavy atom. The first-order valence-corrected chi connectivity index (χ1v) is 11.4. The Balaban J connectivity index is 1.46. The summed E-state index contributed by atoms with van der Waals surface area (Å²) in [4.78, 5) is 30.6. The van der Waals surface area contributed by atoms with Crippen LogP contribution in [-0.2, 0) is 4.79 Å². The number of nitrogens with zero attached hydrogens (tertiary/aromatic N) is 2. The average molecular weight is 418 g/mol. The van der Waals surface area contributed by atoms with E-state index in [0.717, 1.165) is 31.5 Å². The lowest BCUT2D eigenvalue weighted by Gasteiger charge is -2.40. The molecule has 5 heteroatoms. The fourth-order valence-electron chi connectivity index (χ4n) is 4.54. The van der Waals surface area contributed by atoms with E-state index in [4.69, 9.17) is 0 Å². The van der Waals surface area contributed by atoms with E-state index in [1.165, 1.54) is 32.4 Å². The molecule has 1 N–H and O–H groups in total. The Morgan fingerprint density at radius 1 is 0.806 bits per heavy atom. The Bertz CT molecular complexity index is 897. The van der Waals surface area contributed by atoms with Crippen molar-refractivity contribution in [2.75, 3.05) is 26.2 Å². The van der Waals surface area contributed by atoms with E-state index in [9.17, 15) is 9.59 Å². The zero-order valence-corrected chi connectivity index (χ0v) is 18.0. The van der Waals surface area contributed by atoms with Gasteiger partial charge in [-0.25, -0.2) is 0 Å². The summed E-state index contributed by atoms with van der Waals surface area (Å²) >= 11 is 0. The van der Waals surface area contributed by atoms with Crippen LogP contribution in [0.4, 0.5) is 0 Å². The molecule has 2 aromatic rings. The molecule has 0 spiro atoms. The van der Waals surface area contributed by atoms with Crippen LogP contribution < -0.4 is 5.32 Å². The van der Waals surface area contributed by atoms with Gasteiger partial charge in [-0.05, 0) is 62.5 Å². The van der Waals surface area contributed by atoms with E-state index < -0.39 is 0 Å². The van der Waals surface area contributed by atoms with Crippen LogP contribution in [0.25, 0.3) is 6.08 Å². The van der Waals surface area contributed by atoms with Crippen molar-refractivity contribution in [2.45, 2.75) is 38.1 Å². The van der Waals surface area contributed by atoms with Gasteiger partial charge in [0, 0.05) is 24.7 Å². The minimum absolute atomic E-state index is 0.106. The number of benzene rings is 2. The molecule has 2 aromatic carbocycles. The molecule has 4 rings (SSSR count). The molecule has 0 bridgehead atoms. The molecule has 31 heavy (non-hydrogen) atoms. The molecule has 2 amide bonds. The minimum Gasteiger partial charge on any atom is -0.337 e. The molecule has 0 aliphatic carbocycles. The number of likely N-dealkylation sites (tertiary alicyclic amines) is 2. The summed E-state index contributed by atoms with van der Waals surface area (Å²) in [7, 11) is 0. The molecule has 0 saturated carbocycles. The largest absolute Gasteiger partial charge is 0.337 e. The van der Waals surface area contributed by atoms with Crippen molar-refractivity contribution in [3.05, 3.63) is 77.5 Å². The zero-order chi connectivity index (χ0) is 21.5. The van der Waals surface area contributed by atoms with Crippen LogP contribution in [-0.4, -0.2) is 53.8 Å². The predicted molar refractivity (Wildman–Crippen MR) is 123 cm³/mol. The van der Waals surface area contributed by atoms with Gasteiger partial charge in [-0.15, -0.1) is 0 Å². The van der Waals surface area contributed by atoms with Crippen LogP contribution in [0.15, 0.2) is 66.4 Å².